The van der Waals surface area contributed by atoms with Crippen LogP contribution in [0.15, 0.2) is 16.8 Å². The highest BCUT2D eigenvalue weighted by Crippen LogP contribution is 2.04. The van der Waals surface area contributed by atoms with Crippen LogP contribution in [0.2, 0.25) is 0 Å². The van der Waals surface area contributed by atoms with Crippen molar-refractivity contribution in [2.45, 2.75) is 6.42 Å². The lowest BCUT2D eigenvalue weighted by Gasteiger charge is -2.20. The summed E-state index contributed by atoms with van der Waals surface area (Å²) in [5.74, 6) is 0. The summed E-state index contributed by atoms with van der Waals surface area (Å²) in [6.07, 6.45) is 5.08. The van der Waals surface area contributed by atoms with E-state index in [-0.39, 0.29) is 12.4 Å². The number of oxime groups is 1. The van der Waals surface area contributed by atoms with Gasteiger partial charge in [0, 0.05) is 13.1 Å². The highest BCUT2D eigenvalue weighted by molar-refractivity contribution is 5.85. The molecule has 0 amide bonds. The Balaban J connectivity index is 0.00000121. The SMILES string of the molecule is CO/N=C\C1=CCCN(C)C1.Cl. The van der Waals surface area contributed by atoms with Gasteiger partial charge in [0.25, 0.3) is 0 Å². The summed E-state index contributed by atoms with van der Waals surface area (Å²) in [5, 5.41) is 3.71. The Morgan fingerprint density at radius 3 is 3.00 bits per heavy atom. The minimum absolute atomic E-state index is 0. The zero-order valence-electron chi connectivity index (χ0n) is 7.49. The van der Waals surface area contributed by atoms with Crippen molar-refractivity contribution in [3.05, 3.63) is 11.6 Å². The molecular formula is C8H15ClN2O. The normalized spacial score (nSPS) is 18.7. The quantitative estimate of drug-likeness (QED) is 0.485. The third kappa shape index (κ3) is 3.74. The van der Waals surface area contributed by atoms with Gasteiger partial charge in [0.05, 0.1) is 6.21 Å². The fraction of sp³-hybridized carbons (Fsp3) is 0.625. The molecule has 4 heteroatoms. The van der Waals surface area contributed by atoms with Gasteiger partial charge in [-0.05, 0) is 19.0 Å². The molecule has 0 aromatic heterocycles. The predicted octanol–water partition coefficient (Wildman–Crippen LogP) is 1.30. The predicted molar refractivity (Wildman–Crippen MR) is 52.9 cm³/mol. The van der Waals surface area contributed by atoms with Gasteiger partial charge in [0.1, 0.15) is 7.11 Å². The molecule has 0 bridgehead atoms. The third-order valence-corrected chi connectivity index (χ3v) is 1.69. The number of hydrogen-bond donors (Lipinski definition) is 0. The highest BCUT2D eigenvalue weighted by atomic mass is 35.5. The Hall–Kier alpha value is -0.540. The van der Waals surface area contributed by atoms with Crippen molar-refractivity contribution in [3.8, 4) is 0 Å². The van der Waals surface area contributed by atoms with Crippen LogP contribution in [0.1, 0.15) is 6.42 Å². The number of nitrogens with zero attached hydrogens (tertiary/aromatic N) is 2. The van der Waals surface area contributed by atoms with Gasteiger partial charge in [-0.15, -0.1) is 12.4 Å². The minimum Gasteiger partial charge on any atom is -0.399 e. The Kier molecular flexibility index (Phi) is 5.76. The van der Waals surface area contributed by atoms with Crippen LogP contribution in [0.25, 0.3) is 0 Å². The van der Waals surface area contributed by atoms with Crippen LogP contribution in [-0.4, -0.2) is 38.4 Å². The third-order valence-electron chi connectivity index (χ3n) is 1.69. The first kappa shape index (κ1) is 11.5. The molecule has 12 heavy (non-hydrogen) atoms. The summed E-state index contributed by atoms with van der Waals surface area (Å²) >= 11 is 0. The maximum Gasteiger partial charge on any atom is 0.106 e. The summed E-state index contributed by atoms with van der Waals surface area (Å²) in [6, 6.07) is 0. The van der Waals surface area contributed by atoms with E-state index in [1.165, 1.54) is 5.57 Å². The lowest BCUT2D eigenvalue weighted by Crippen LogP contribution is -2.25. The molecule has 1 rings (SSSR count). The molecule has 1 aliphatic heterocycles. The largest absolute Gasteiger partial charge is 0.399 e. The number of rotatable bonds is 2. The van der Waals surface area contributed by atoms with Crippen LogP contribution < -0.4 is 0 Å². The molecule has 0 aromatic carbocycles. The Morgan fingerprint density at radius 2 is 2.42 bits per heavy atom. The lowest BCUT2D eigenvalue weighted by molar-refractivity contribution is 0.215. The number of likely N-dealkylation sites (N-methyl/N-ethyl adjacent to an activating group) is 1. The van der Waals surface area contributed by atoms with Crippen molar-refractivity contribution in [1.82, 2.24) is 4.90 Å². The molecular weight excluding hydrogens is 176 g/mol. The summed E-state index contributed by atoms with van der Waals surface area (Å²) in [4.78, 5) is 6.85. The summed E-state index contributed by atoms with van der Waals surface area (Å²) in [5.41, 5.74) is 1.24. The molecule has 0 aromatic rings. The van der Waals surface area contributed by atoms with Gasteiger partial charge in [0.2, 0.25) is 0 Å². The minimum atomic E-state index is 0. The zero-order chi connectivity index (χ0) is 8.10. The first-order chi connectivity index (χ1) is 5.33. The standard InChI is InChI=1S/C8H14N2O.ClH/c1-10-5-3-4-8(7-10)6-9-11-2;/h4,6H,3,5,7H2,1-2H3;1H/b9-6-;. The molecule has 1 aliphatic rings. The molecule has 3 nitrogen and oxygen atoms in total. The van der Waals surface area contributed by atoms with Gasteiger partial charge in [-0.1, -0.05) is 11.2 Å². The fourth-order valence-corrected chi connectivity index (χ4v) is 1.14. The zero-order valence-corrected chi connectivity index (χ0v) is 8.30. The van der Waals surface area contributed by atoms with Crippen LogP contribution in [0, 0.1) is 0 Å². The summed E-state index contributed by atoms with van der Waals surface area (Å²) in [6.45, 7) is 2.12. The van der Waals surface area contributed by atoms with E-state index in [4.69, 9.17) is 0 Å². The van der Waals surface area contributed by atoms with Gasteiger partial charge in [0.15, 0.2) is 0 Å². The van der Waals surface area contributed by atoms with E-state index in [2.05, 4.69) is 28.0 Å². The lowest BCUT2D eigenvalue weighted by atomic mass is 10.1. The second-order valence-electron chi connectivity index (χ2n) is 2.72. The van der Waals surface area contributed by atoms with Gasteiger partial charge in [-0.2, -0.15) is 0 Å². The molecule has 1 heterocycles. The molecule has 0 spiro atoms. The molecule has 0 atom stereocenters. The van der Waals surface area contributed by atoms with Crippen molar-refractivity contribution in [1.29, 1.82) is 0 Å². The van der Waals surface area contributed by atoms with Crippen LogP contribution in [-0.2, 0) is 4.84 Å². The maximum absolute atomic E-state index is 4.59. The summed E-state index contributed by atoms with van der Waals surface area (Å²) in [7, 11) is 3.66. The Morgan fingerprint density at radius 1 is 1.67 bits per heavy atom. The van der Waals surface area contributed by atoms with E-state index in [9.17, 15) is 0 Å². The van der Waals surface area contributed by atoms with Crippen molar-refractivity contribution < 1.29 is 4.84 Å². The van der Waals surface area contributed by atoms with Crippen LogP contribution in [0.4, 0.5) is 0 Å². The number of hydrogen-bond acceptors (Lipinski definition) is 3. The molecule has 0 unspecified atom stereocenters. The van der Waals surface area contributed by atoms with Gasteiger partial charge < -0.3 is 9.74 Å². The maximum atomic E-state index is 4.59. The Bertz CT molecular complexity index is 180. The molecule has 0 N–H and O–H groups in total. The molecule has 70 valence electrons. The van der Waals surface area contributed by atoms with E-state index >= 15 is 0 Å². The topological polar surface area (TPSA) is 24.8 Å². The first-order valence-electron chi connectivity index (χ1n) is 3.77. The van der Waals surface area contributed by atoms with Crippen molar-refractivity contribution in [2.75, 3.05) is 27.2 Å². The molecule has 0 aliphatic carbocycles. The van der Waals surface area contributed by atoms with Crippen LogP contribution in [0.3, 0.4) is 0 Å². The Labute approximate surface area is 79.5 Å². The van der Waals surface area contributed by atoms with Crippen LogP contribution >= 0.6 is 12.4 Å². The second-order valence-corrected chi connectivity index (χ2v) is 2.72. The van der Waals surface area contributed by atoms with E-state index in [0.717, 1.165) is 19.5 Å². The average Bonchev–Trinajstić information content (AvgIpc) is 2.01. The van der Waals surface area contributed by atoms with E-state index < -0.39 is 0 Å². The average molecular weight is 191 g/mol. The highest BCUT2D eigenvalue weighted by Gasteiger charge is 2.05. The summed E-state index contributed by atoms with van der Waals surface area (Å²) < 4.78 is 0. The molecule has 0 fully saturated rings. The van der Waals surface area contributed by atoms with E-state index in [1.807, 2.05) is 0 Å². The van der Waals surface area contributed by atoms with E-state index in [0.29, 0.717) is 0 Å². The van der Waals surface area contributed by atoms with Gasteiger partial charge in [-0.25, -0.2) is 0 Å². The smallest absolute Gasteiger partial charge is 0.106 e. The second kappa shape index (κ2) is 6.03. The molecule has 0 saturated heterocycles. The monoisotopic (exact) mass is 190 g/mol. The van der Waals surface area contributed by atoms with E-state index in [1.54, 1.807) is 13.3 Å². The molecule has 0 radical (unpaired) electrons. The fourth-order valence-electron chi connectivity index (χ4n) is 1.14. The van der Waals surface area contributed by atoms with Crippen molar-refractivity contribution in [3.63, 3.8) is 0 Å². The molecule has 0 saturated carbocycles. The first-order valence-corrected chi connectivity index (χ1v) is 3.77. The van der Waals surface area contributed by atoms with Crippen LogP contribution in [0.5, 0.6) is 0 Å². The van der Waals surface area contributed by atoms with Crippen molar-refractivity contribution in [2.24, 2.45) is 5.16 Å². The number of halogens is 1. The van der Waals surface area contributed by atoms with Crippen molar-refractivity contribution >= 4 is 18.6 Å². The van der Waals surface area contributed by atoms with Gasteiger partial charge >= 0.3 is 0 Å². The van der Waals surface area contributed by atoms with Gasteiger partial charge in [-0.3, -0.25) is 0 Å².